The van der Waals surface area contributed by atoms with Crippen LogP contribution in [-0.2, 0) is 4.79 Å². The Kier molecular flexibility index (Phi) is 5.88. The number of piperidine rings is 1. The highest BCUT2D eigenvalue weighted by Gasteiger charge is 2.27. The molecule has 1 N–H and O–H groups in total. The van der Waals surface area contributed by atoms with Crippen LogP contribution < -0.4 is 15.0 Å². The second-order valence-electron chi connectivity index (χ2n) is 7.26. The summed E-state index contributed by atoms with van der Waals surface area (Å²) in [6, 6.07) is 17.4. The summed E-state index contributed by atoms with van der Waals surface area (Å²) in [6.45, 7) is 1.36. The number of methoxy groups -OCH3 is 1. The number of carbonyl (C=O) groups excluding carboxylic acids is 1. The third-order valence-corrected chi connectivity index (χ3v) is 5.24. The predicted octanol–water partition coefficient (Wildman–Crippen LogP) is 4.15. The number of carbonyl (C=O) groups is 1. The summed E-state index contributed by atoms with van der Waals surface area (Å²) in [7, 11) is 1.63. The van der Waals surface area contributed by atoms with Crippen LogP contribution in [0.25, 0.3) is 11.3 Å². The molecule has 2 heterocycles. The summed E-state index contributed by atoms with van der Waals surface area (Å²) < 4.78 is 18.8. The Hall–Kier alpha value is -3.48. The number of nitrogens with zero attached hydrogens (tertiary/aromatic N) is 3. The Morgan fingerprint density at radius 2 is 2.00 bits per heavy atom. The van der Waals surface area contributed by atoms with Gasteiger partial charge in [0.05, 0.1) is 18.7 Å². The van der Waals surface area contributed by atoms with Crippen molar-refractivity contribution in [3.63, 3.8) is 0 Å². The zero-order valence-electron chi connectivity index (χ0n) is 16.7. The van der Waals surface area contributed by atoms with Gasteiger partial charge in [-0.05, 0) is 55.3 Å². The summed E-state index contributed by atoms with van der Waals surface area (Å²) in [6.07, 6.45) is 1.65. The molecule has 0 aliphatic carbocycles. The van der Waals surface area contributed by atoms with Crippen molar-refractivity contribution >= 4 is 17.4 Å². The zero-order chi connectivity index (χ0) is 20.9. The first-order valence-corrected chi connectivity index (χ1v) is 9.92. The summed E-state index contributed by atoms with van der Waals surface area (Å²) in [5, 5.41) is 11.6. The molecule has 1 amide bonds. The number of amides is 1. The SMILES string of the molecule is COc1ccccc1-c1ccc(N2CCCC(C(=O)Nc3cccc(F)c3)C2)nn1. The molecule has 0 radical (unpaired) electrons. The summed E-state index contributed by atoms with van der Waals surface area (Å²) >= 11 is 0. The topological polar surface area (TPSA) is 67.3 Å². The molecule has 1 saturated heterocycles. The van der Waals surface area contributed by atoms with Gasteiger partial charge in [0.25, 0.3) is 0 Å². The third kappa shape index (κ3) is 4.40. The van der Waals surface area contributed by atoms with Crippen LogP contribution in [0.4, 0.5) is 15.9 Å². The summed E-state index contributed by atoms with van der Waals surface area (Å²) in [5.74, 6) is 0.800. The largest absolute Gasteiger partial charge is 0.496 e. The average molecular weight is 406 g/mol. The monoisotopic (exact) mass is 406 g/mol. The molecule has 1 atom stereocenters. The van der Waals surface area contributed by atoms with Crippen molar-refractivity contribution in [3.05, 3.63) is 66.5 Å². The van der Waals surface area contributed by atoms with E-state index in [1.54, 1.807) is 19.2 Å². The smallest absolute Gasteiger partial charge is 0.229 e. The molecule has 0 bridgehead atoms. The van der Waals surface area contributed by atoms with E-state index in [4.69, 9.17) is 4.74 Å². The summed E-state index contributed by atoms with van der Waals surface area (Å²) in [5.41, 5.74) is 2.08. The van der Waals surface area contributed by atoms with Gasteiger partial charge in [0, 0.05) is 24.3 Å². The molecular weight excluding hydrogens is 383 g/mol. The maximum atomic E-state index is 13.4. The van der Waals surface area contributed by atoms with Gasteiger partial charge in [0.1, 0.15) is 11.6 Å². The molecule has 1 aromatic heterocycles. The Bertz CT molecular complexity index is 1030. The maximum absolute atomic E-state index is 13.4. The molecule has 3 aromatic rings. The van der Waals surface area contributed by atoms with Crippen molar-refractivity contribution in [3.8, 4) is 17.0 Å². The highest BCUT2D eigenvalue weighted by Crippen LogP contribution is 2.29. The van der Waals surface area contributed by atoms with E-state index >= 15 is 0 Å². The second kappa shape index (κ2) is 8.90. The Balaban J connectivity index is 1.45. The fraction of sp³-hybridized carbons (Fsp3) is 0.261. The first-order chi connectivity index (χ1) is 14.6. The molecule has 0 saturated carbocycles. The first-order valence-electron chi connectivity index (χ1n) is 9.92. The second-order valence-corrected chi connectivity index (χ2v) is 7.26. The van der Waals surface area contributed by atoms with Crippen LogP contribution in [-0.4, -0.2) is 36.3 Å². The number of hydrogen-bond acceptors (Lipinski definition) is 5. The van der Waals surface area contributed by atoms with E-state index in [0.717, 1.165) is 42.2 Å². The van der Waals surface area contributed by atoms with Crippen molar-refractivity contribution in [2.45, 2.75) is 12.8 Å². The Labute approximate surface area is 174 Å². The third-order valence-electron chi connectivity index (χ3n) is 5.24. The number of nitrogens with one attached hydrogen (secondary N) is 1. The van der Waals surface area contributed by atoms with Gasteiger partial charge in [0.15, 0.2) is 5.82 Å². The van der Waals surface area contributed by atoms with Crippen molar-refractivity contribution in [2.24, 2.45) is 5.92 Å². The lowest BCUT2D eigenvalue weighted by atomic mass is 9.97. The fourth-order valence-corrected chi connectivity index (χ4v) is 3.70. The maximum Gasteiger partial charge on any atom is 0.229 e. The van der Waals surface area contributed by atoms with Gasteiger partial charge in [-0.1, -0.05) is 18.2 Å². The summed E-state index contributed by atoms with van der Waals surface area (Å²) in [4.78, 5) is 14.7. The van der Waals surface area contributed by atoms with Gasteiger partial charge in [-0.3, -0.25) is 4.79 Å². The molecule has 1 aliphatic heterocycles. The molecule has 6 nitrogen and oxygen atoms in total. The van der Waals surface area contributed by atoms with Crippen molar-refractivity contribution in [2.75, 3.05) is 30.4 Å². The van der Waals surface area contributed by atoms with Gasteiger partial charge >= 0.3 is 0 Å². The van der Waals surface area contributed by atoms with Crippen LogP contribution in [0.2, 0.25) is 0 Å². The lowest BCUT2D eigenvalue weighted by Crippen LogP contribution is -2.41. The molecule has 4 rings (SSSR count). The molecule has 1 aliphatic rings. The Morgan fingerprint density at radius 3 is 2.77 bits per heavy atom. The molecular formula is C23H23FN4O2. The zero-order valence-corrected chi connectivity index (χ0v) is 16.7. The van der Waals surface area contributed by atoms with E-state index in [-0.39, 0.29) is 17.6 Å². The van der Waals surface area contributed by atoms with Crippen molar-refractivity contribution < 1.29 is 13.9 Å². The molecule has 1 fully saturated rings. The number of para-hydroxylation sites is 1. The van der Waals surface area contributed by atoms with E-state index in [9.17, 15) is 9.18 Å². The van der Waals surface area contributed by atoms with Crippen LogP contribution >= 0.6 is 0 Å². The van der Waals surface area contributed by atoms with Crippen molar-refractivity contribution in [1.82, 2.24) is 10.2 Å². The van der Waals surface area contributed by atoms with E-state index in [1.807, 2.05) is 36.4 Å². The average Bonchev–Trinajstić information content (AvgIpc) is 2.79. The number of rotatable bonds is 5. The Morgan fingerprint density at radius 1 is 1.13 bits per heavy atom. The minimum atomic E-state index is -0.372. The standard InChI is InChI=1S/C23H23FN4O2/c1-30-21-10-3-2-9-19(21)20-11-12-22(27-26-20)28-13-5-6-16(15-28)23(29)25-18-8-4-7-17(24)14-18/h2-4,7-12,14,16H,5-6,13,15H2,1H3,(H,25,29). The molecule has 2 aromatic carbocycles. The lowest BCUT2D eigenvalue weighted by Gasteiger charge is -2.32. The number of halogens is 1. The lowest BCUT2D eigenvalue weighted by molar-refractivity contribution is -0.120. The number of ether oxygens (including phenoxy) is 1. The van der Waals surface area contributed by atoms with Crippen LogP contribution in [0.15, 0.2) is 60.7 Å². The minimum absolute atomic E-state index is 0.107. The van der Waals surface area contributed by atoms with Crippen molar-refractivity contribution in [1.29, 1.82) is 0 Å². The quantitative estimate of drug-likeness (QED) is 0.690. The normalized spacial score (nSPS) is 16.2. The first kappa shape index (κ1) is 19.8. The van der Waals surface area contributed by atoms with Gasteiger partial charge in [0.2, 0.25) is 5.91 Å². The van der Waals surface area contributed by atoms with E-state index in [1.165, 1.54) is 12.1 Å². The van der Waals surface area contributed by atoms with Crippen LogP contribution in [0.3, 0.4) is 0 Å². The molecule has 1 unspecified atom stereocenters. The van der Waals surface area contributed by atoms with Crippen LogP contribution in [0.1, 0.15) is 12.8 Å². The fourth-order valence-electron chi connectivity index (χ4n) is 3.70. The van der Waals surface area contributed by atoms with Crippen LogP contribution in [0.5, 0.6) is 5.75 Å². The minimum Gasteiger partial charge on any atom is -0.496 e. The number of hydrogen-bond donors (Lipinski definition) is 1. The number of benzene rings is 2. The van der Waals surface area contributed by atoms with E-state index < -0.39 is 0 Å². The van der Waals surface area contributed by atoms with Gasteiger partial charge < -0.3 is 15.0 Å². The van der Waals surface area contributed by atoms with E-state index in [0.29, 0.717) is 12.2 Å². The molecule has 7 heteroatoms. The highest BCUT2D eigenvalue weighted by molar-refractivity contribution is 5.93. The van der Waals surface area contributed by atoms with Gasteiger partial charge in [-0.25, -0.2) is 4.39 Å². The number of anilines is 2. The van der Waals surface area contributed by atoms with Gasteiger partial charge in [-0.2, -0.15) is 0 Å². The number of aromatic nitrogens is 2. The van der Waals surface area contributed by atoms with Crippen LogP contribution in [0, 0.1) is 11.7 Å². The highest BCUT2D eigenvalue weighted by atomic mass is 19.1. The van der Waals surface area contributed by atoms with E-state index in [2.05, 4.69) is 20.4 Å². The predicted molar refractivity (Wildman–Crippen MR) is 114 cm³/mol. The van der Waals surface area contributed by atoms with Gasteiger partial charge in [-0.15, -0.1) is 10.2 Å². The molecule has 154 valence electrons. The molecule has 0 spiro atoms. The molecule has 30 heavy (non-hydrogen) atoms.